The van der Waals surface area contributed by atoms with Crippen molar-refractivity contribution < 1.29 is 0 Å². The molecule has 5 heteroatoms. The summed E-state index contributed by atoms with van der Waals surface area (Å²) in [4.78, 5) is 15.2. The lowest BCUT2D eigenvalue weighted by Crippen LogP contribution is -1.96. The summed E-state index contributed by atoms with van der Waals surface area (Å²) in [5.41, 5.74) is 0. The van der Waals surface area contributed by atoms with Crippen molar-refractivity contribution >= 4 is 6.21 Å². The normalized spacial score (nSPS) is 11.2. The minimum absolute atomic E-state index is 0.803. The Kier molecular flexibility index (Phi) is 3.27. The van der Waals surface area contributed by atoms with Gasteiger partial charge in [-0.25, -0.2) is 9.97 Å². The molecule has 0 amide bonds. The van der Waals surface area contributed by atoms with E-state index in [1.807, 2.05) is 17.1 Å². The van der Waals surface area contributed by atoms with E-state index in [9.17, 15) is 0 Å². The van der Waals surface area contributed by atoms with E-state index in [4.69, 9.17) is 0 Å². The highest BCUT2D eigenvalue weighted by molar-refractivity contribution is 5.74. The maximum atomic E-state index is 4.26. The van der Waals surface area contributed by atoms with Crippen molar-refractivity contribution in [3.63, 3.8) is 0 Å². The molecule has 0 unspecified atom stereocenters. The van der Waals surface area contributed by atoms with E-state index in [-0.39, 0.29) is 0 Å². The number of aromatic nitrogens is 4. The third-order valence-corrected chi connectivity index (χ3v) is 2.00. The van der Waals surface area contributed by atoms with Gasteiger partial charge in [-0.2, -0.15) is 0 Å². The third-order valence-electron chi connectivity index (χ3n) is 2.00. The van der Waals surface area contributed by atoms with Crippen LogP contribution in [0, 0.1) is 0 Å². The number of rotatable bonds is 5. The summed E-state index contributed by atoms with van der Waals surface area (Å²) in [7, 11) is 0. The van der Waals surface area contributed by atoms with E-state index in [1.54, 1.807) is 24.8 Å². The van der Waals surface area contributed by atoms with Crippen molar-refractivity contribution in [2.24, 2.45) is 4.99 Å². The number of imidazole rings is 2. The highest BCUT2D eigenvalue weighted by Crippen LogP contribution is 1.91. The molecule has 0 radical (unpaired) electrons. The largest absolute Gasteiger partial charge is 0.344 e. The van der Waals surface area contributed by atoms with Gasteiger partial charge in [-0.05, 0) is 6.42 Å². The zero-order valence-corrected chi connectivity index (χ0v) is 8.37. The number of nitrogens with one attached hydrogen (secondary N) is 1. The van der Waals surface area contributed by atoms with Crippen molar-refractivity contribution in [3.05, 3.63) is 36.9 Å². The predicted octanol–water partition coefficient (Wildman–Crippen LogP) is 1.12. The second kappa shape index (κ2) is 5.09. The van der Waals surface area contributed by atoms with Gasteiger partial charge in [-0.15, -0.1) is 0 Å². The van der Waals surface area contributed by atoms with Gasteiger partial charge >= 0.3 is 0 Å². The van der Waals surface area contributed by atoms with Crippen LogP contribution in [-0.4, -0.2) is 32.3 Å². The van der Waals surface area contributed by atoms with E-state index in [2.05, 4.69) is 19.9 Å². The standard InChI is InChI=1S/C10H13N5/c1(6-15-7-5-12-9-15)2-11-8-10-13-3-4-14-10/h3-5,7-9H,1-2,6H2,(H,13,14). The van der Waals surface area contributed by atoms with E-state index in [1.165, 1.54) is 0 Å². The molecule has 2 heterocycles. The molecular formula is C10H13N5. The lowest BCUT2D eigenvalue weighted by atomic mass is 10.4. The van der Waals surface area contributed by atoms with E-state index in [0.29, 0.717) is 0 Å². The Labute approximate surface area is 87.9 Å². The molecule has 78 valence electrons. The highest BCUT2D eigenvalue weighted by Gasteiger charge is 1.89. The first-order valence-corrected chi connectivity index (χ1v) is 4.90. The van der Waals surface area contributed by atoms with E-state index >= 15 is 0 Å². The summed E-state index contributed by atoms with van der Waals surface area (Å²) in [6.07, 6.45) is 11.8. The van der Waals surface area contributed by atoms with Crippen molar-refractivity contribution in [2.75, 3.05) is 6.54 Å². The molecule has 0 saturated heterocycles. The van der Waals surface area contributed by atoms with E-state index < -0.39 is 0 Å². The Morgan fingerprint density at radius 3 is 3.20 bits per heavy atom. The molecule has 5 nitrogen and oxygen atoms in total. The Hall–Kier alpha value is -1.91. The van der Waals surface area contributed by atoms with Crippen molar-refractivity contribution in [3.8, 4) is 0 Å². The van der Waals surface area contributed by atoms with Crippen LogP contribution in [0.4, 0.5) is 0 Å². The number of hydrogen-bond donors (Lipinski definition) is 1. The minimum atomic E-state index is 0.803. The molecule has 0 saturated carbocycles. The average molecular weight is 203 g/mol. The first-order chi connectivity index (χ1) is 7.45. The quantitative estimate of drug-likeness (QED) is 0.584. The average Bonchev–Trinajstić information content (AvgIpc) is 2.88. The number of aromatic amines is 1. The molecule has 0 atom stereocenters. The summed E-state index contributed by atoms with van der Waals surface area (Å²) in [5.74, 6) is 0.803. The number of aryl methyl sites for hydroxylation is 1. The summed E-state index contributed by atoms with van der Waals surface area (Å²) in [6.45, 7) is 1.76. The monoisotopic (exact) mass is 203 g/mol. The van der Waals surface area contributed by atoms with Gasteiger partial charge in [0.05, 0.1) is 12.5 Å². The molecule has 0 bridgehead atoms. The molecule has 15 heavy (non-hydrogen) atoms. The van der Waals surface area contributed by atoms with Crippen LogP contribution < -0.4 is 0 Å². The van der Waals surface area contributed by atoms with Crippen LogP contribution in [-0.2, 0) is 6.54 Å². The van der Waals surface area contributed by atoms with Gasteiger partial charge in [0.1, 0.15) is 5.82 Å². The smallest absolute Gasteiger partial charge is 0.147 e. The molecule has 0 spiro atoms. The fourth-order valence-corrected chi connectivity index (χ4v) is 1.26. The topological polar surface area (TPSA) is 58.9 Å². The van der Waals surface area contributed by atoms with Crippen LogP contribution >= 0.6 is 0 Å². The molecular weight excluding hydrogens is 190 g/mol. The van der Waals surface area contributed by atoms with Crippen LogP contribution in [0.25, 0.3) is 0 Å². The Morgan fingerprint density at radius 1 is 1.47 bits per heavy atom. The van der Waals surface area contributed by atoms with Crippen LogP contribution in [0.1, 0.15) is 12.2 Å². The summed E-state index contributed by atoms with van der Waals surface area (Å²) in [6, 6.07) is 0. The first-order valence-electron chi connectivity index (χ1n) is 4.90. The molecule has 2 aromatic rings. The van der Waals surface area contributed by atoms with Crippen molar-refractivity contribution in [1.29, 1.82) is 0 Å². The number of nitrogens with zero attached hydrogens (tertiary/aromatic N) is 4. The third kappa shape index (κ3) is 3.05. The van der Waals surface area contributed by atoms with Gasteiger partial charge < -0.3 is 9.55 Å². The first kappa shape index (κ1) is 9.64. The molecule has 2 aromatic heterocycles. The Balaban J connectivity index is 1.67. The number of aliphatic imine (C=N–C) groups is 1. The summed E-state index contributed by atoms with van der Waals surface area (Å²) < 4.78 is 2.04. The second-order valence-corrected chi connectivity index (χ2v) is 3.16. The van der Waals surface area contributed by atoms with Gasteiger partial charge in [0.2, 0.25) is 0 Å². The van der Waals surface area contributed by atoms with Gasteiger partial charge in [0.15, 0.2) is 0 Å². The van der Waals surface area contributed by atoms with Crippen LogP contribution in [0.2, 0.25) is 0 Å². The highest BCUT2D eigenvalue weighted by atomic mass is 15.0. The lowest BCUT2D eigenvalue weighted by molar-refractivity contribution is 0.651. The zero-order chi connectivity index (χ0) is 10.3. The molecule has 0 fully saturated rings. The van der Waals surface area contributed by atoms with Crippen LogP contribution in [0.3, 0.4) is 0 Å². The minimum Gasteiger partial charge on any atom is -0.344 e. The van der Waals surface area contributed by atoms with Crippen molar-refractivity contribution in [1.82, 2.24) is 19.5 Å². The number of H-pyrrole nitrogens is 1. The van der Waals surface area contributed by atoms with Gasteiger partial charge in [-0.1, -0.05) is 0 Å². The van der Waals surface area contributed by atoms with Gasteiger partial charge in [0, 0.05) is 37.9 Å². The molecule has 2 rings (SSSR count). The predicted molar refractivity (Wildman–Crippen MR) is 57.9 cm³/mol. The maximum absolute atomic E-state index is 4.26. The molecule has 0 aliphatic heterocycles. The number of hydrogen-bond acceptors (Lipinski definition) is 3. The Morgan fingerprint density at radius 2 is 2.47 bits per heavy atom. The lowest BCUT2D eigenvalue weighted by Gasteiger charge is -1.97. The zero-order valence-electron chi connectivity index (χ0n) is 8.37. The molecule has 0 aliphatic rings. The fourth-order valence-electron chi connectivity index (χ4n) is 1.26. The SMILES string of the molecule is C(=NCCCn1ccnc1)c1ncc[nH]1. The van der Waals surface area contributed by atoms with Crippen molar-refractivity contribution in [2.45, 2.75) is 13.0 Å². The summed E-state index contributed by atoms with van der Waals surface area (Å²) >= 11 is 0. The molecule has 1 N–H and O–H groups in total. The fraction of sp³-hybridized carbons (Fsp3) is 0.300. The second-order valence-electron chi connectivity index (χ2n) is 3.16. The summed E-state index contributed by atoms with van der Waals surface area (Å²) in [5, 5.41) is 0. The van der Waals surface area contributed by atoms with Gasteiger partial charge in [0.25, 0.3) is 0 Å². The van der Waals surface area contributed by atoms with Crippen LogP contribution in [0.5, 0.6) is 0 Å². The molecule has 0 aromatic carbocycles. The molecule has 0 aliphatic carbocycles. The Bertz CT molecular complexity index is 387. The van der Waals surface area contributed by atoms with E-state index in [0.717, 1.165) is 25.3 Å². The van der Waals surface area contributed by atoms with Crippen LogP contribution in [0.15, 0.2) is 36.1 Å². The van der Waals surface area contributed by atoms with Gasteiger partial charge in [-0.3, -0.25) is 4.99 Å². The maximum Gasteiger partial charge on any atom is 0.147 e.